The van der Waals surface area contributed by atoms with E-state index in [1.807, 2.05) is 0 Å². The van der Waals surface area contributed by atoms with Crippen LogP contribution in [0.25, 0.3) is 0 Å². The van der Waals surface area contributed by atoms with E-state index in [0.717, 1.165) is 25.3 Å². The number of halogens is 2. The van der Waals surface area contributed by atoms with E-state index in [1.54, 1.807) is 6.07 Å². The van der Waals surface area contributed by atoms with Gasteiger partial charge in [-0.3, -0.25) is 0 Å². The highest BCUT2D eigenvalue weighted by atomic mass is 19.2. The summed E-state index contributed by atoms with van der Waals surface area (Å²) in [6.07, 6.45) is 2.64. The molecule has 2 rings (SSSR count). The Labute approximate surface area is 99.7 Å². The molecule has 2 atom stereocenters. The van der Waals surface area contributed by atoms with Crippen molar-refractivity contribution in [1.29, 1.82) is 0 Å². The zero-order chi connectivity index (χ0) is 12.3. The summed E-state index contributed by atoms with van der Waals surface area (Å²) in [7, 11) is 0. The third-order valence-corrected chi connectivity index (χ3v) is 3.37. The van der Waals surface area contributed by atoms with Crippen LogP contribution in [-0.2, 0) is 6.54 Å². The van der Waals surface area contributed by atoms with Gasteiger partial charge in [-0.15, -0.1) is 0 Å². The first kappa shape index (κ1) is 12.5. The van der Waals surface area contributed by atoms with Gasteiger partial charge in [0.1, 0.15) is 0 Å². The number of hydrogen-bond acceptors (Lipinski definition) is 2. The van der Waals surface area contributed by atoms with Gasteiger partial charge in [-0.2, -0.15) is 0 Å². The van der Waals surface area contributed by atoms with Crippen LogP contribution in [0, 0.1) is 17.6 Å². The third-order valence-electron chi connectivity index (χ3n) is 3.37. The van der Waals surface area contributed by atoms with E-state index in [4.69, 9.17) is 0 Å². The molecule has 2 N–H and O–H groups in total. The van der Waals surface area contributed by atoms with Gasteiger partial charge in [0.05, 0.1) is 6.10 Å². The summed E-state index contributed by atoms with van der Waals surface area (Å²) in [6.45, 7) is 0.948. The van der Waals surface area contributed by atoms with Crippen LogP contribution in [0.4, 0.5) is 8.78 Å². The van der Waals surface area contributed by atoms with Gasteiger partial charge in [-0.25, -0.2) is 8.78 Å². The highest BCUT2D eigenvalue weighted by molar-refractivity contribution is 5.18. The molecule has 4 heteroatoms. The number of nitrogens with one attached hydrogen (secondary N) is 1. The van der Waals surface area contributed by atoms with Crippen LogP contribution in [0.3, 0.4) is 0 Å². The fourth-order valence-corrected chi connectivity index (χ4v) is 2.33. The molecular weight excluding hydrogens is 224 g/mol. The maximum atomic E-state index is 13.3. The molecule has 0 amide bonds. The van der Waals surface area contributed by atoms with Gasteiger partial charge in [0.25, 0.3) is 0 Å². The third kappa shape index (κ3) is 3.01. The van der Waals surface area contributed by atoms with Crippen molar-refractivity contribution in [2.75, 3.05) is 6.54 Å². The Kier molecular flexibility index (Phi) is 4.07. The quantitative estimate of drug-likeness (QED) is 0.847. The summed E-state index contributed by atoms with van der Waals surface area (Å²) in [4.78, 5) is 0. The topological polar surface area (TPSA) is 32.3 Å². The second-order valence-electron chi connectivity index (χ2n) is 4.60. The van der Waals surface area contributed by atoms with Gasteiger partial charge in [0, 0.05) is 18.7 Å². The first-order chi connectivity index (χ1) is 8.18. The molecule has 0 aromatic heterocycles. The van der Waals surface area contributed by atoms with Crippen LogP contribution >= 0.6 is 0 Å². The van der Waals surface area contributed by atoms with Crippen LogP contribution in [0.1, 0.15) is 24.8 Å². The standard InChI is InChI=1S/C13H17F2NO/c14-11-5-1-4-10(13(11)15)8-16-7-9-3-2-6-12(9)17/h1,4-5,9,12,16-17H,2-3,6-8H2. The van der Waals surface area contributed by atoms with Gasteiger partial charge in [0.15, 0.2) is 11.6 Å². The number of aliphatic hydroxyl groups excluding tert-OH is 1. The molecule has 1 aromatic rings. The Morgan fingerprint density at radius 1 is 1.29 bits per heavy atom. The minimum Gasteiger partial charge on any atom is -0.393 e. The van der Waals surface area contributed by atoms with Gasteiger partial charge < -0.3 is 10.4 Å². The SMILES string of the molecule is OC1CCCC1CNCc1cccc(F)c1F. The van der Waals surface area contributed by atoms with Gasteiger partial charge >= 0.3 is 0 Å². The molecule has 94 valence electrons. The molecule has 0 spiro atoms. The number of aliphatic hydroxyl groups is 1. The molecule has 0 radical (unpaired) electrons. The molecule has 1 saturated carbocycles. The second-order valence-corrected chi connectivity index (χ2v) is 4.60. The fraction of sp³-hybridized carbons (Fsp3) is 0.538. The summed E-state index contributed by atoms with van der Waals surface area (Å²) in [6, 6.07) is 4.18. The summed E-state index contributed by atoms with van der Waals surface area (Å²) in [5.41, 5.74) is 0.331. The van der Waals surface area contributed by atoms with Crippen molar-refractivity contribution < 1.29 is 13.9 Å². The highest BCUT2D eigenvalue weighted by Crippen LogP contribution is 2.24. The zero-order valence-corrected chi connectivity index (χ0v) is 9.63. The van der Waals surface area contributed by atoms with Gasteiger partial charge in [-0.05, 0) is 24.8 Å². The van der Waals surface area contributed by atoms with Crippen molar-refractivity contribution in [3.63, 3.8) is 0 Å². The molecule has 0 bridgehead atoms. The molecule has 2 nitrogen and oxygen atoms in total. The van der Waals surface area contributed by atoms with Gasteiger partial charge in [-0.1, -0.05) is 18.6 Å². The van der Waals surface area contributed by atoms with Crippen molar-refractivity contribution in [3.8, 4) is 0 Å². The van der Waals surface area contributed by atoms with E-state index in [-0.39, 0.29) is 12.0 Å². The second kappa shape index (κ2) is 5.56. The molecule has 1 aliphatic carbocycles. The minimum absolute atomic E-state index is 0.242. The Bertz CT molecular complexity index is 384. The highest BCUT2D eigenvalue weighted by Gasteiger charge is 2.24. The zero-order valence-electron chi connectivity index (χ0n) is 9.63. The van der Waals surface area contributed by atoms with Crippen LogP contribution in [-0.4, -0.2) is 17.8 Å². The van der Waals surface area contributed by atoms with E-state index >= 15 is 0 Å². The predicted octanol–water partition coefficient (Wildman–Crippen LogP) is 2.22. The van der Waals surface area contributed by atoms with E-state index in [9.17, 15) is 13.9 Å². The van der Waals surface area contributed by atoms with Crippen LogP contribution in [0.5, 0.6) is 0 Å². The molecule has 0 aliphatic heterocycles. The normalized spacial score (nSPS) is 24.2. The molecule has 0 saturated heterocycles. The molecule has 1 fully saturated rings. The fourth-order valence-electron chi connectivity index (χ4n) is 2.33. The lowest BCUT2D eigenvalue weighted by molar-refractivity contribution is 0.131. The van der Waals surface area contributed by atoms with Crippen LogP contribution in [0.2, 0.25) is 0 Å². The molecule has 17 heavy (non-hydrogen) atoms. The number of benzene rings is 1. The van der Waals surface area contributed by atoms with Crippen molar-refractivity contribution in [2.24, 2.45) is 5.92 Å². The maximum Gasteiger partial charge on any atom is 0.163 e. The van der Waals surface area contributed by atoms with Crippen molar-refractivity contribution in [1.82, 2.24) is 5.32 Å². The molecule has 1 aliphatic rings. The summed E-state index contributed by atoms with van der Waals surface area (Å²) >= 11 is 0. The summed E-state index contributed by atoms with van der Waals surface area (Å²) in [5, 5.41) is 12.7. The average molecular weight is 241 g/mol. The van der Waals surface area contributed by atoms with E-state index in [1.165, 1.54) is 6.07 Å². The molecule has 0 heterocycles. The Morgan fingerprint density at radius 3 is 2.82 bits per heavy atom. The van der Waals surface area contributed by atoms with Crippen molar-refractivity contribution in [3.05, 3.63) is 35.4 Å². The van der Waals surface area contributed by atoms with Crippen LogP contribution in [0.15, 0.2) is 18.2 Å². The Hall–Kier alpha value is -1.00. The summed E-state index contributed by atoms with van der Waals surface area (Å²) in [5.74, 6) is -1.36. The lowest BCUT2D eigenvalue weighted by atomic mass is 10.1. The van der Waals surface area contributed by atoms with Crippen LogP contribution < -0.4 is 5.32 Å². The molecular formula is C13H17F2NO. The minimum atomic E-state index is -0.815. The van der Waals surface area contributed by atoms with Crippen molar-refractivity contribution in [2.45, 2.75) is 31.9 Å². The largest absolute Gasteiger partial charge is 0.393 e. The number of rotatable bonds is 4. The van der Waals surface area contributed by atoms with E-state index in [0.29, 0.717) is 18.7 Å². The smallest absolute Gasteiger partial charge is 0.163 e. The Balaban J connectivity index is 1.84. The first-order valence-corrected chi connectivity index (χ1v) is 6.00. The predicted molar refractivity (Wildman–Crippen MR) is 61.4 cm³/mol. The van der Waals surface area contributed by atoms with E-state index < -0.39 is 11.6 Å². The summed E-state index contributed by atoms with van der Waals surface area (Å²) < 4.78 is 26.2. The van der Waals surface area contributed by atoms with Gasteiger partial charge in [0.2, 0.25) is 0 Å². The average Bonchev–Trinajstić information content (AvgIpc) is 2.71. The Morgan fingerprint density at radius 2 is 2.12 bits per heavy atom. The lowest BCUT2D eigenvalue weighted by Crippen LogP contribution is -2.27. The molecule has 2 unspecified atom stereocenters. The number of hydrogen-bond donors (Lipinski definition) is 2. The maximum absolute atomic E-state index is 13.3. The van der Waals surface area contributed by atoms with Crippen molar-refractivity contribution >= 4 is 0 Å². The van der Waals surface area contributed by atoms with E-state index in [2.05, 4.69) is 5.32 Å². The lowest BCUT2D eigenvalue weighted by Gasteiger charge is -2.15. The molecule has 1 aromatic carbocycles. The first-order valence-electron chi connectivity index (χ1n) is 6.00. The monoisotopic (exact) mass is 241 g/mol.